The predicted molar refractivity (Wildman–Crippen MR) is 367 cm³/mol. The largest absolute Gasteiger partial charge is 0.462 e. The minimum Gasteiger partial charge on any atom is -0.462 e. The summed E-state index contributed by atoms with van der Waals surface area (Å²) in [6.07, 6.45) is 62.7. The van der Waals surface area contributed by atoms with Crippen LogP contribution in [0.4, 0.5) is 0 Å². The maximum absolute atomic E-state index is 14.4. The van der Waals surface area contributed by atoms with E-state index in [0.29, 0.717) is 25.7 Å². The lowest BCUT2D eigenvalue weighted by Crippen LogP contribution is -2.24. The number of unbranched alkanes of at least 4 members (excludes halogenated alkanes) is 44. The van der Waals surface area contributed by atoms with Crippen LogP contribution in [0.5, 0.6) is 0 Å². The molecule has 0 aliphatic rings. The Morgan fingerprint density at radius 3 is 0.523 bits per heavy atom. The van der Waals surface area contributed by atoms with Crippen LogP contribution in [0.25, 0.3) is 0 Å². The Bertz CT molecular complexity index is 1590. The first-order valence-electron chi connectivity index (χ1n) is 37.7. The van der Waals surface area contributed by atoms with Crippen molar-refractivity contribution in [3.63, 3.8) is 0 Å². The number of hydrogen-bond acceptors (Lipinski definition) is 8. The van der Waals surface area contributed by atoms with E-state index in [1.807, 2.05) is 0 Å². The Hall–Kier alpha value is -2.90. The fourth-order valence-electron chi connectivity index (χ4n) is 12.0. The molecule has 0 saturated heterocycles. The third kappa shape index (κ3) is 49.9. The van der Waals surface area contributed by atoms with E-state index in [9.17, 15) is 19.2 Å². The summed E-state index contributed by atoms with van der Waals surface area (Å²) in [6.45, 7) is 19.2. The van der Waals surface area contributed by atoms with Crippen LogP contribution in [0.15, 0.2) is 12.1 Å². The van der Waals surface area contributed by atoms with E-state index in [1.54, 1.807) is 0 Å². The van der Waals surface area contributed by atoms with Crippen molar-refractivity contribution in [2.75, 3.05) is 26.4 Å². The van der Waals surface area contributed by atoms with E-state index >= 15 is 0 Å². The maximum Gasteiger partial charge on any atom is 0.339 e. The second-order valence-electron chi connectivity index (χ2n) is 28.2. The molecule has 0 fully saturated rings. The molecule has 0 spiro atoms. The molecule has 0 aliphatic heterocycles. The van der Waals surface area contributed by atoms with Crippen LogP contribution in [0, 0.1) is 23.7 Å². The fourth-order valence-corrected chi connectivity index (χ4v) is 12.0. The van der Waals surface area contributed by atoms with Crippen molar-refractivity contribution in [3.8, 4) is 0 Å². The van der Waals surface area contributed by atoms with E-state index in [1.165, 1.54) is 243 Å². The van der Waals surface area contributed by atoms with Gasteiger partial charge in [0, 0.05) is 0 Å². The van der Waals surface area contributed by atoms with Gasteiger partial charge in [-0.15, -0.1) is 0 Å². The molecule has 86 heavy (non-hydrogen) atoms. The van der Waals surface area contributed by atoms with Gasteiger partial charge < -0.3 is 18.9 Å². The monoisotopic (exact) mass is 1210 g/mol. The van der Waals surface area contributed by atoms with Crippen molar-refractivity contribution >= 4 is 23.9 Å². The SMILES string of the molecule is CC(C)CCCCCCCCCCCCCCOC(=O)c1ccc(C(=O)OCCCCCCCCCCCCCCC(C)C)c(C(=O)OCCCCCCCCCCCCCCC(C)C)c1C(=O)OCCCCCCCCCCCCCCC(C)C. The van der Waals surface area contributed by atoms with Crippen molar-refractivity contribution in [2.24, 2.45) is 23.7 Å². The minimum absolute atomic E-state index is 0.0817. The van der Waals surface area contributed by atoms with Crippen LogP contribution < -0.4 is 0 Å². The molecule has 8 heteroatoms. The van der Waals surface area contributed by atoms with E-state index < -0.39 is 23.9 Å². The molecule has 0 N–H and O–H groups in total. The first-order chi connectivity index (χ1) is 41.8. The molecule has 0 atom stereocenters. The van der Waals surface area contributed by atoms with E-state index in [-0.39, 0.29) is 48.7 Å². The van der Waals surface area contributed by atoms with Gasteiger partial charge >= 0.3 is 23.9 Å². The van der Waals surface area contributed by atoms with Crippen LogP contribution >= 0.6 is 0 Å². The highest BCUT2D eigenvalue weighted by atomic mass is 16.5. The summed E-state index contributed by atoms with van der Waals surface area (Å²) in [5.74, 6) is 0.168. The molecule has 8 nitrogen and oxygen atoms in total. The molecule has 0 saturated carbocycles. The van der Waals surface area contributed by atoms with Crippen LogP contribution in [-0.4, -0.2) is 50.3 Å². The summed E-state index contributed by atoms with van der Waals surface area (Å²) in [5, 5.41) is 0. The Labute approximate surface area is 533 Å². The summed E-state index contributed by atoms with van der Waals surface area (Å²) < 4.78 is 23.5. The molecule has 0 aliphatic carbocycles. The van der Waals surface area contributed by atoms with Gasteiger partial charge in [-0.2, -0.15) is 0 Å². The number of carbonyl (C=O) groups is 4. The third-order valence-corrected chi connectivity index (χ3v) is 17.7. The molecule has 1 aromatic carbocycles. The topological polar surface area (TPSA) is 105 Å². The first-order valence-corrected chi connectivity index (χ1v) is 37.7. The fraction of sp³-hybridized carbons (Fsp3) is 0.872. The minimum atomic E-state index is -0.818. The zero-order valence-electron chi connectivity index (χ0n) is 58.3. The number of esters is 4. The number of hydrogen-bond donors (Lipinski definition) is 0. The van der Waals surface area contributed by atoms with Gasteiger partial charge in [0.1, 0.15) is 0 Å². The molecular formula is C78H142O8. The second-order valence-corrected chi connectivity index (χ2v) is 28.2. The molecule has 0 heterocycles. The average molecular weight is 1210 g/mol. The smallest absolute Gasteiger partial charge is 0.339 e. The molecule has 0 aromatic heterocycles. The maximum atomic E-state index is 14.4. The zero-order valence-corrected chi connectivity index (χ0v) is 58.3. The number of benzene rings is 1. The van der Waals surface area contributed by atoms with E-state index in [4.69, 9.17) is 18.9 Å². The molecule has 0 amide bonds. The van der Waals surface area contributed by atoms with Gasteiger partial charge in [0.25, 0.3) is 0 Å². The lowest BCUT2D eigenvalue weighted by atomic mass is 9.95. The summed E-state index contributed by atoms with van der Waals surface area (Å²) >= 11 is 0. The molecule has 1 rings (SSSR count). The molecule has 502 valence electrons. The molecular weight excluding hydrogens is 1060 g/mol. The Morgan fingerprint density at radius 1 is 0.221 bits per heavy atom. The summed E-state index contributed by atoms with van der Waals surface area (Å²) in [5.41, 5.74) is -0.679. The van der Waals surface area contributed by atoms with Crippen LogP contribution in [0.2, 0.25) is 0 Å². The predicted octanol–water partition coefficient (Wildman–Crippen LogP) is 25.2. The zero-order chi connectivity index (χ0) is 62.8. The van der Waals surface area contributed by atoms with Gasteiger partial charge in [-0.05, 0) is 61.5 Å². The number of ether oxygens (including phenoxy) is 4. The standard InChI is InChI=1S/C78H142O8/c1-67(2)57-49-41-33-25-17-9-13-21-29-37-45-53-63-83-75(79)71-61-62-72(76(80)84-64-54-46-38-30-22-14-10-18-26-34-42-50-58-68(3)4)74(78(82)86-66-56-48-40-32-24-16-12-20-28-36-44-52-60-70(7)8)73(71)77(81)85-65-55-47-39-31-23-15-11-19-27-35-43-51-59-69(5)6/h61-62,67-70H,9-60,63-66H2,1-8H3. The molecule has 0 unspecified atom stereocenters. The summed E-state index contributed by atoms with van der Waals surface area (Å²) in [4.78, 5) is 56.9. The van der Waals surface area contributed by atoms with Crippen molar-refractivity contribution < 1.29 is 38.1 Å². The second kappa shape index (κ2) is 59.7. The molecule has 0 bridgehead atoms. The van der Waals surface area contributed by atoms with Crippen LogP contribution in [0.3, 0.4) is 0 Å². The quantitative estimate of drug-likeness (QED) is 0.0361. The van der Waals surface area contributed by atoms with Gasteiger partial charge in [0.15, 0.2) is 0 Å². The van der Waals surface area contributed by atoms with Crippen molar-refractivity contribution in [1.29, 1.82) is 0 Å². The van der Waals surface area contributed by atoms with Crippen molar-refractivity contribution in [1.82, 2.24) is 0 Å². The third-order valence-electron chi connectivity index (χ3n) is 17.7. The Morgan fingerprint density at radius 2 is 0.360 bits per heavy atom. The van der Waals surface area contributed by atoms with Crippen molar-refractivity contribution in [3.05, 3.63) is 34.4 Å². The highest BCUT2D eigenvalue weighted by Crippen LogP contribution is 2.27. The average Bonchev–Trinajstić information content (AvgIpc) is 1.05. The van der Waals surface area contributed by atoms with E-state index in [0.717, 1.165) is 101 Å². The van der Waals surface area contributed by atoms with Crippen LogP contribution in [-0.2, 0) is 18.9 Å². The van der Waals surface area contributed by atoms with Gasteiger partial charge in [-0.3, -0.25) is 0 Å². The lowest BCUT2D eigenvalue weighted by molar-refractivity contribution is 0.0415. The lowest BCUT2D eigenvalue weighted by Gasteiger charge is -2.17. The van der Waals surface area contributed by atoms with Crippen molar-refractivity contribution in [2.45, 2.75) is 389 Å². The van der Waals surface area contributed by atoms with Gasteiger partial charge in [0.2, 0.25) is 0 Å². The Balaban J connectivity index is 3.00. The highest BCUT2D eigenvalue weighted by Gasteiger charge is 2.33. The van der Waals surface area contributed by atoms with Crippen LogP contribution in [0.1, 0.15) is 431 Å². The molecule has 1 aromatic rings. The Kier molecular flexibility index (Phi) is 56.3. The van der Waals surface area contributed by atoms with Gasteiger partial charge in [0.05, 0.1) is 48.7 Å². The molecule has 0 radical (unpaired) electrons. The normalized spacial score (nSPS) is 11.7. The first kappa shape index (κ1) is 81.1. The summed E-state index contributed by atoms with van der Waals surface area (Å²) in [7, 11) is 0. The van der Waals surface area contributed by atoms with Gasteiger partial charge in [-0.25, -0.2) is 19.2 Å². The summed E-state index contributed by atoms with van der Waals surface area (Å²) in [6, 6.07) is 2.87. The van der Waals surface area contributed by atoms with E-state index in [2.05, 4.69) is 55.4 Å². The van der Waals surface area contributed by atoms with Gasteiger partial charge in [-0.1, -0.05) is 364 Å². The number of carbonyl (C=O) groups excluding carboxylic acids is 4. The number of rotatable bonds is 64. The highest BCUT2D eigenvalue weighted by molar-refractivity contribution is 6.15.